The minimum atomic E-state index is -0.295. The predicted octanol–water partition coefficient (Wildman–Crippen LogP) is 3.84. The Kier molecular flexibility index (Phi) is 6.28. The van der Waals surface area contributed by atoms with Gasteiger partial charge in [0.25, 0.3) is 0 Å². The van der Waals surface area contributed by atoms with Crippen molar-refractivity contribution in [3.63, 3.8) is 0 Å². The predicted molar refractivity (Wildman–Crippen MR) is 96.6 cm³/mol. The summed E-state index contributed by atoms with van der Waals surface area (Å²) in [4.78, 5) is 23.4. The van der Waals surface area contributed by atoms with E-state index < -0.39 is 0 Å². The van der Waals surface area contributed by atoms with E-state index in [1.54, 1.807) is 24.3 Å². The number of anilines is 1. The monoisotopic (exact) mass is 342 g/mol. The Balaban J connectivity index is 2.01. The third-order valence-electron chi connectivity index (χ3n) is 3.85. The van der Waals surface area contributed by atoms with Crippen molar-refractivity contribution in [3.8, 4) is 0 Å². The number of carbonyl (C=O) groups excluding carboxylic acids is 2. The van der Waals surface area contributed by atoms with E-state index in [4.69, 9.17) is 0 Å². The molecule has 0 fully saturated rings. The van der Waals surface area contributed by atoms with Crippen LogP contribution in [0, 0.1) is 11.7 Å². The molecule has 2 N–H and O–H groups in total. The van der Waals surface area contributed by atoms with Crippen molar-refractivity contribution in [1.82, 2.24) is 5.32 Å². The van der Waals surface area contributed by atoms with Crippen LogP contribution in [0.2, 0.25) is 0 Å². The SMILES string of the molecule is CC(=O)Nc1ccc(CC(=O)NC(c2ccc(F)cc2)C(C)C)cc1. The van der Waals surface area contributed by atoms with E-state index in [-0.39, 0.29) is 36.0 Å². The average Bonchev–Trinajstić information content (AvgIpc) is 2.55. The van der Waals surface area contributed by atoms with E-state index >= 15 is 0 Å². The summed E-state index contributed by atoms with van der Waals surface area (Å²) in [7, 11) is 0. The van der Waals surface area contributed by atoms with Crippen molar-refractivity contribution in [2.75, 3.05) is 5.32 Å². The lowest BCUT2D eigenvalue weighted by Crippen LogP contribution is -2.32. The van der Waals surface area contributed by atoms with Gasteiger partial charge in [0, 0.05) is 12.6 Å². The highest BCUT2D eigenvalue weighted by Crippen LogP contribution is 2.22. The van der Waals surface area contributed by atoms with Crippen LogP contribution in [0.5, 0.6) is 0 Å². The molecule has 0 bridgehead atoms. The standard InChI is InChI=1S/C20H23FN2O2/c1-13(2)20(16-6-8-17(21)9-7-16)23-19(25)12-15-4-10-18(11-5-15)22-14(3)24/h4-11,13,20H,12H2,1-3H3,(H,22,24)(H,23,25). The van der Waals surface area contributed by atoms with Gasteiger partial charge in [-0.05, 0) is 41.3 Å². The lowest BCUT2D eigenvalue weighted by Gasteiger charge is -2.23. The molecule has 0 saturated carbocycles. The van der Waals surface area contributed by atoms with Crippen LogP contribution in [0.25, 0.3) is 0 Å². The lowest BCUT2D eigenvalue weighted by molar-refractivity contribution is -0.121. The van der Waals surface area contributed by atoms with Crippen LogP contribution in [-0.4, -0.2) is 11.8 Å². The zero-order valence-electron chi connectivity index (χ0n) is 14.7. The summed E-state index contributed by atoms with van der Waals surface area (Å²) in [5, 5.41) is 5.70. The molecule has 2 aromatic carbocycles. The second-order valence-corrected chi connectivity index (χ2v) is 6.40. The van der Waals surface area contributed by atoms with E-state index in [9.17, 15) is 14.0 Å². The lowest BCUT2D eigenvalue weighted by atomic mass is 9.95. The number of amides is 2. The van der Waals surface area contributed by atoms with Gasteiger partial charge in [0.05, 0.1) is 12.5 Å². The molecule has 5 heteroatoms. The minimum absolute atomic E-state index is 0.102. The van der Waals surface area contributed by atoms with E-state index in [1.165, 1.54) is 19.1 Å². The molecule has 2 aromatic rings. The van der Waals surface area contributed by atoms with Gasteiger partial charge in [-0.25, -0.2) is 4.39 Å². The van der Waals surface area contributed by atoms with Gasteiger partial charge in [-0.2, -0.15) is 0 Å². The van der Waals surface area contributed by atoms with Gasteiger partial charge >= 0.3 is 0 Å². The van der Waals surface area contributed by atoms with Gasteiger partial charge in [0.1, 0.15) is 5.82 Å². The van der Waals surface area contributed by atoms with Crippen molar-refractivity contribution in [1.29, 1.82) is 0 Å². The van der Waals surface area contributed by atoms with E-state index in [1.807, 2.05) is 26.0 Å². The highest BCUT2D eigenvalue weighted by atomic mass is 19.1. The highest BCUT2D eigenvalue weighted by molar-refractivity contribution is 5.88. The second-order valence-electron chi connectivity index (χ2n) is 6.40. The van der Waals surface area contributed by atoms with Crippen LogP contribution in [0.4, 0.5) is 10.1 Å². The number of carbonyl (C=O) groups is 2. The first-order chi connectivity index (χ1) is 11.8. The van der Waals surface area contributed by atoms with Crippen molar-refractivity contribution in [2.45, 2.75) is 33.2 Å². The average molecular weight is 342 g/mol. The van der Waals surface area contributed by atoms with E-state index in [0.717, 1.165) is 11.1 Å². The second kappa shape index (κ2) is 8.42. The Labute approximate surface area is 147 Å². The molecule has 0 aliphatic carbocycles. The minimum Gasteiger partial charge on any atom is -0.349 e. The Morgan fingerprint density at radius 1 is 1.00 bits per heavy atom. The molecule has 1 atom stereocenters. The summed E-state index contributed by atoms with van der Waals surface area (Å²) in [6.07, 6.45) is 0.241. The fourth-order valence-electron chi connectivity index (χ4n) is 2.62. The van der Waals surface area contributed by atoms with Gasteiger partial charge in [0.15, 0.2) is 0 Å². The summed E-state index contributed by atoms with van der Waals surface area (Å²) in [5.74, 6) is -0.353. The number of hydrogen-bond donors (Lipinski definition) is 2. The molecule has 0 saturated heterocycles. The van der Waals surface area contributed by atoms with E-state index in [0.29, 0.717) is 5.69 Å². The topological polar surface area (TPSA) is 58.2 Å². The molecule has 4 nitrogen and oxygen atoms in total. The largest absolute Gasteiger partial charge is 0.349 e. The quantitative estimate of drug-likeness (QED) is 0.838. The molecule has 0 spiro atoms. The summed E-state index contributed by atoms with van der Waals surface area (Å²) >= 11 is 0. The number of halogens is 1. The van der Waals surface area contributed by atoms with E-state index in [2.05, 4.69) is 10.6 Å². The smallest absolute Gasteiger partial charge is 0.224 e. The first kappa shape index (κ1) is 18.6. The van der Waals surface area contributed by atoms with Crippen LogP contribution in [0.15, 0.2) is 48.5 Å². The number of benzene rings is 2. The molecule has 0 aliphatic heterocycles. The zero-order valence-corrected chi connectivity index (χ0v) is 14.7. The summed E-state index contributed by atoms with van der Waals surface area (Å²) in [6, 6.07) is 13.2. The molecule has 1 unspecified atom stereocenters. The summed E-state index contributed by atoms with van der Waals surface area (Å²) < 4.78 is 13.1. The van der Waals surface area contributed by atoms with Crippen LogP contribution in [0.3, 0.4) is 0 Å². The molecule has 0 aliphatic rings. The molecular weight excluding hydrogens is 319 g/mol. The van der Waals surface area contributed by atoms with Gasteiger partial charge < -0.3 is 10.6 Å². The fourth-order valence-corrected chi connectivity index (χ4v) is 2.62. The van der Waals surface area contributed by atoms with Gasteiger partial charge in [-0.1, -0.05) is 38.1 Å². The van der Waals surface area contributed by atoms with Crippen molar-refractivity contribution in [2.24, 2.45) is 5.92 Å². The first-order valence-electron chi connectivity index (χ1n) is 8.26. The third kappa shape index (κ3) is 5.71. The first-order valence-corrected chi connectivity index (χ1v) is 8.26. The van der Waals surface area contributed by atoms with Crippen LogP contribution < -0.4 is 10.6 Å². The highest BCUT2D eigenvalue weighted by Gasteiger charge is 2.18. The maximum Gasteiger partial charge on any atom is 0.224 e. The molecule has 2 rings (SSSR count). The van der Waals surface area contributed by atoms with Crippen molar-refractivity contribution < 1.29 is 14.0 Å². The van der Waals surface area contributed by atoms with Gasteiger partial charge in [-0.15, -0.1) is 0 Å². The molecule has 0 aromatic heterocycles. The molecule has 2 amide bonds. The summed E-state index contributed by atoms with van der Waals surface area (Å²) in [5.41, 5.74) is 2.43. The Bertz CT molecular complexity index is 724. The normalized spacial score (nSPS) is 11.9. The van der Waals surface area contributed by atoms with Crippen molar-refractivity contribution in [3.05, 3.63) is 65.5 Å². The maximum absolute atomic E-state index is 13.1. The Hall–Kier alpha value is -2.69. The van der Waals surface area contributed by atoms with Crippen LogP contribution in [0.1, 0.15) is 37.9 Å². The third-order valence-corrected chi connectivity index (χ3v) is 3.85. The zero-order chi connectivity index (χ0) is 18.4. The molecule has 132 valence electrons. The maximum atomic E-state index is 13.1. The van der Waals surface area contributed by atoms with Crippen LogP contribution >= 0.6 is 0 Å². The number of nitrogens with one attached hydrogen (secondary N) is 2. The number of rotatable bonds is 6. The molecule has 0 radical (unpaired) electrons. The van der Waals surface area contributed by atoms with Crippen molar-refractivity contribution >= 4 is 17.5 Å². The summed E-state index contributed by atoms with van der Waals surface area (Å²) in [6.45, 7) is 5.47. The van der Waals surface area contributed by atoms with Gasteiger partial charge in [0.2, 0.25) is 11.8 Å². The fraction of sp³-hybridized carbons (Fsp3) is 0.300. The number of hydrogen-bond acceptors (Lipinski definition) is 2. The molecule has 25 heavy (non-hydrogen) atoms. The Morgan fingerprint density at radius 3 is 2.12 bits per heavy atom. The Morgan fingerprint density at radius 2 is 1.60 bits per heavy atom. The van der Waals surface area contributed by atoms with Crippen LogP contribution in [-0.2, 0) is 16.0 Å². The van der Waals surface area contributed by atoms with Gasteiger partial charge in [-0.3, -0.25) is 9.59 Å². The molecular formula is C20H23FN2O2. The molecule has 0 heterocycles.